The summed E-state index contributed by atoms with van der Waals surface area (Å²) in [4.78, 5) is 11.9. The molecule has 0 N–H and O–H groups in total. The number of hydrogen-bond acceptors (Lipinski definition) is 2. The fraction of sp³-hybridized carbons (Fsp3) is 0.500. The summed E-state index contributed by atoms with van der Waals surface area (Å²) in [5.41, 5.74) is 0.787. The quantitative estimate of drug-likeness (QED) is 0.735. The summed E-state index contributed by atoms with van der Waals surface area (Å²) in [5.74, 6) is -0.0400. The smallest absolute Gasteiger partial charge is 0.165 e. The maximum Gasteiger partial charge on any atom is 0.165 e. The van der Waals surface area contributed by atoms with Crippen molar-refractivity contribution in [1.82, 2.24) is 0 Å². The molecule has 0 aliphatic heterocycles. The maximum absolute atomic E-state index is 13.6. The second-order valence-electron chi connectivity index (χ2n) is 4.51. The average molecular weight is 236 g/mol. The standard InChI is InChI=1S/C14H17FO2/c1-17-14-8-7-10(9-12(14)15)11-5-3-2-4-6-13(11)16/h7-9,11H,2-6H2,1H3. The molecule has 17 heavy (non-hydrogen) atoms. The molecule has 2 rings (SSSR count). The highest BCUT2D eigenvalue weighted by atomic mass is 19.1. The van der Waals surface area contributed by atoms with Crippen LogP contribution in [0.15, 0.2) is 18.2 Å². The fourth-order valence-electron chi connectivity index (χ4n) is 2.41. The van der Waals surface area contributed by atoms with Gasteiger partial charge in [-0.25, -0.2) is 4.39 Å². The first-order valence-electron chi connectivity index (χ1n) is 6.08. The topological polar surface area (TPSA) is 26.3 Å². The zero-order chi connectivity index (χ0) is 12.3. The summed E-state index contributed by atoms with van der Waals surface area (Å²) in [7, 11) is 1.44. The van der Waals surface area contributed by atoms with Crippen LogP contribution in [0.5, 0.6) is 5.75 Å². The monoisotopic (exact) mass is 236 g/mol. The van der Waals surface area contributed by atoms with Crippen molar-refractivity contribution in [3.63, 3.8) is 0 Å². The minimum Gasteiger partial charge on any atom is -0.494 e. The van der Waals surface area contributed by atoms with E-state index in [1.54, 1.807) is 12.1 Å². The molecule has 1 aliphatic carbocycles. The number of rotatable bonds is 2. The molecule has 0 saturated heterocycles. The number of Topliss-reactive ketones (excluding diaryl/α,β-unsaturated/α-hetero) is 1. The summed E-state index contributed by atoms with van der Waals surface area (Å²) in [6.45, 7) is 0. The Hall–Kier alpha value is -1.38. The lowest BCUT2D eigenvalue weighted by molar-refractivity contribution is -0.120. The van der Waals surface area contributed by atoms with Crippen LogP contribution < -0.4 is 4.74 Å². The van der Waals surface area contributed by atoms with Gasteiger partial charge in [-0.2, -0.15) is 0 Å². The first kappa shape index (κ1) is 12.1. The van der Waals surface area contributed by atoms with Gasteiger partial charge in [-0.05, 0) is 30.5 Å². The highest BCUT2D eigenvalue weighted by molar-refractivity contribution is 5.85. The molecule has 1 aliphatic rings. The van der Waals surface area contributed by atoms with Gasteiger partial charge in [0.25, 0.3) is 0 Å². The van der Waals surface area contributed by atoms with E-state index in [-0.39, 0.29) is 23.3 Å². The molecule has 0 heterocycles. The van der Waals surface area contributed by atoms with E-state index in [4.69, 9.17) is 4.74 Å². The molecule has 0 amide bonds. The van der Waals surface area contributed by atoms with Crippen molar-refractivity contribution in [2.24, 2.45) is 0 Å². The van der Waals surface area contributed by atoms with Crippen LogP contribution in [-0.4, -0.2) is 12.9 Å². The fourth-order valence-corrected chi connectivity index (χ4v) is 2.41. The van der Waals surface area contributed by atoms with Gasteiger partial charge < -0.3 is 4.74 Å². The van der Waals surface area contributed by atoms with Crippen LogP contribution >= 0.6 is 0 Å². The molecular formula is C14H17FO2. The average Bonchev–Trinajstić information content (AvgIpc) is 2.54. The van der Waals surface area contributed by atoms with Crippen molar-refractivity contribution >= 4 is 5.78 Å². The van der Waals surface area contributed by atoms with Gasteiger partial charge in [0.2, 0.25) is 0 Å². The van der Waals surface area contributed by atoms with E-state index in [0.29, 0.717) is 6.42 Å². The van der Waals surface area contributed by atoms with Crippen LogP contribution in [0.2, 0.25) is 0 Å². The normalized spacial score (nSPS) is 21.1. The molecule has 1 atom stereocenters. The number of methoxy groups -OCH3 is 1. The lowest BCUT2D eigenvalue weighted by Crippen LogP contribution is -2.10. The molecule has 0 bridgehead atoms. The van der Waals surface area contributed by atoms with Gasteiger partial charge in [0.05, 0.1) is 7.11 Å². The summed E-state index contributed by atoms with van der Waals surface area (Å²) in [6, 6.07) is 4.84. The van der Waals surface area contributed by atoms with Gasteiger partial charge in [0.1, 0.15) is 5.78 Å². The second-order valence-corrected chi connectivity index (χ2v) is 4.51. The third-order valence-corrected chi connectivity index (χ3v) is 3.38. The summed E-state index contributed by atoms with van der Waals surface area (Å²) in [5, 5.41) is 0. The molecule has 92 valence electrons. The van der Waals surface area contributed by atoms with Gasteiger partial charge in [0.15, 0.2) is 11.6 Å². The number of carbonyl (C=O) groups excluding carboxylic acids is 1. The van der Waals surface area contributed by atoms with Gasteiger partial charge in [-0.15, -0.1) is 0 Å². The molecule has 1 saturated carbocycles. The number of ketones is 1. The van der Waals surface area contributed by atoms with Crippen molar-refractivity contribution in [1.29, 1.82) is 0 Å². The van der Waals surface area contributed by atoms with E-state index in [2.05, 4.69) is 0 Å². The highest BCUT2D eigenvalue weighted by Crippen LogP contribution is 2.31. The van der Waals surface area contributed by atoms with Gasteiger partial charge in [-0.1, -0.05) is 18.9 Å². The zero-order valence-electron chi connectivity index (χ0n) is 10.0. The first-order valence-corrected chi connectivity index (χ1v) is 6.08. The van der Waals surface area contributed by atoms with E-state index < -0.39 is 0 Å². The molecule has 0 radical (unpaired) electrons. The van der Waals surface area contributed by atoms with E-state index in [0.717, 1.165) is 31.2 Å². The number of hydrogen-bond donors (Lipinski definition) is 0. The third-order valence-electron chi connectivity index (χ3n) is 3.38. The molecule has 0 aromatic heterocycles. The maximum atomic E-state index is 13.6. The molecule has 1 aromatic carbocycles. The Morgan fingerprint density at radius 1 is 1.29 bits per heavy atom. The Balaban J connectivity index is 2.26. The summed E-state index contributed by atoms with van der Waals surface area (Å²) < 4.78 is 18.5. The van der Waals surface area contributed by atoms with Crippen LogP contribution in [-0.2, 0) is 4.79 Å². The molecular weight excluding hydrogens is 219 g/mol. The van der Waals surface area contributed by atoms with Crippen LogP contribution in [0.1, 0.15) is 43.6 Å². The number of ether oxygens (including phenoxy) is 1. The van der Waals surface area contributed by atoms with Crippen molar-refractivity contribution in [3.8, 4) is 5.75 Å². The van der Waals surface area contributed by atoms with Crippen LogP contribution in [0.3, 0.4) is 0 Å². The zero-order valence-corrected chi connectivity index (χ0v) is 10.0. The van der Waals surface area contributed by atoms with E-state index in [9.17, 15) is 9.18 Å². The molecule has 3 heteroatoms. The Morgan fingerprint density at radius 3 is 2.82 bits per heavy atom. The molecule has 1 fully saturated rings. The van der Waals surface area contributed by atoms with Crippen LogP contribution in [0.25, 0.3) is 0 Å². The first-order chi connectivity index (χ1) is 8.22. The lowest BCUT2D eigenvalue weighted by atomic mass is 9.90. The molecule has 1 unspecified atom stereocenters. The van der Waals surface area contributed by atoms with Crippen molar-refractivity contribution < 1.29 is 13.9 Å². The van der Waals surface area contributed by atoms with Crippen LogP contribution in [0, 0.1) is 5.82 Å². The predicted octanol–water partition coefficient (Wildman–Crippen LogP) is 3.45. The third kappa shape index (κ3) is 2.65. The number of benzene rings is 1. The Kier molecular flexibility index (Phi) is 3.77. The number of carbonyl (C=O) groups is 1. The second kappa shape index (κ2) is 5.30. The SMILES string of the molecule is COc1ccc(C2CCCCCC2=O)cc1F. The minimum atomic E-state index is -0.387. The Bertz CT molecular complexity index is 415. The van der Waals surface area contributed by atoms with Crippen LogP contribution in [0.4, 0.5) is 4.39 Å². The van der Waals surface area contributed by atoms with E-state index >= 15 is 0 Å². The Morgan fingerprint density at radius 2 is 2.12 bits per heavy atom. The Labute approximate surface area is 101 Å². The largest absolute Gasteiger partial charge is 0.494 e. The van der Waals surface area contributed by atoms with E-state index in [1.165, 1.54) is 13.2 Å². The van der Waals surface area contributed by atoms with Crippen molar-refractivity contribution in [2.45, 2.75) is 38.0 Å². The van der Waals surface area contributed by atoms with E-state index in [1.807, 2.05) is 0 Å². The molecule has 2 nitrogen and oxygen atoms in total. The lowest BCUT2D eigenvalue weighted by Gasteiger charge is -2.14. The van der Waals surface area contributed by atoms with Gasteiger partial charge in [0, 0.05) is 12.3 Å². The van der Waals surface area contributed by atoms with Crippen molar-refractivity contribution in [2.75, 3.05) is 7.11 Å². The van der Waals surface area contributed by atoms with Gasteiger partial charge in [-0.3, -0.25) is 4.79 Å². The van der Waals surface area contributed by atoms with Crippen molar-refractivity contribution in [3.05, 3.63) is 29.6 Å². The molecule has 0 spiro atoms. The molecule has 1 aromatic rings. The minimum absolute atomic E-state index is 0.127. The number of halogens is 1. The van der Waals surface area contributed by atoms with Gasteiger partial charge >= 0.3 is 0 Å². The predicted molar refractivity (Wildman–Crippen MR) is 63.8 cm³/mol. The summed E-state index contributed by atoms with van der Waals surface area (Å²) >= 11 is 0. The summed E-state index contributed by atoms with van der Waals surface area (Å²) in [6.07, 6.45) is 4.57. The highest BCUT2D eigenvalue weighted by Gasteiger charge is 2.23.